The van der Waals surface area contributed by atoms with Gasteiger partial charge in [0.05, 0.1) is 23.7 Å². The van der Waals surface area contributed by atoms with Gasteiger partial charge >= 0.3 is 0 Å². The molecule has 0 aliphatic carbocycles. The SMILES string of the molecule is O=S1(=O)C[C@@H](N(CCNCc2cccc(Cl)c2)Cc2ccccc2Cl)[C@@H](O)C1. The highest BCUT2D eigenvalue weighted by atomic mass is 35.5. The molecular weight excluding hydrogens is 419 g/mol. The Hall–Kier alpha value is -1.15. The van der Waals surface area contributed by atoms with Crippen LogP contribution >= 0.6 is 23.2 Å². The van der Waals surface area contributed by atoms with E-state index in [2.05, 4.69) is 5.32 Å². The van der Waals surface area contributed by atoms with Gasteiger partial charge in [-0.1, -0.05) is 53.5 Å². The summed E-state index contributed by atoms with van der Waals surface area (Å²) in [7, 11) is -3.23. The van der Waals surface area contributed by atoms with Crippen molar-refractivity contribution in [3.63, 3.8) is 0 Å². The fraction of sp³-hybridized carbons (Fsp3) is 0.400. The van der Waals surface area contributed by atoms with E-state index in [0.29, 0.717) is 36.2 Å². The van der Waals surface area contributed by atoms with Gasteiger partial charge in [0.2, 0.25) is 0 Å². The molecule has 1 aliphatic heterocycles. The molecule has 0 aromatic heterocycles. The Morgan fingerprint density at radius 2 is 1.89 bits per heavy atom. The van der Waals surface area contributed by atoms with Gasteiger partial charge in [-0.15, -0.1) is 0 Å². The lowest BCUT2D eigenvalue weighted by Crippen LogP contribution is -2.45. The molecule has 2 N–H and O–H groups in total. The second-order valence-electron chi connectivity index (χ2n) is 7.08. The number of nitrogens with zero attached hydrogens (tertiary/aromatic N) is 1. The Morgan fingerprint density at radius 3 is 2.57 bits per heavy atom. The second kappa shape index (κ2) is 9.57. The lowest BCUT2D eigenvalue weighted by Gasteiger charge is -2.30. The van der Waals surface area contributed by atoms with Gasteiger partial charge in [-0.05, 0) is 29.3 Å². The van der Waals surface area contributed by atoms with Crippen molar-refractivity contribution in [1.82, 2.24) is 10.2 Å². The number of benzene rings is 2. The Balaban J connectivity index is 1.65. The molecule has 0 bridgehead atoms. The maximum absolute atomic E-state index is 12.0. The van der Waals surface area contributed by atoms with E-state index in [1.165, 1.54) is 0 Å². The minimum atomic E-state index is -3.23. The molecular formula is C20H24Cl2N2O3S. The molecule has 3 rings (SSSR count). The van der Waals surface area contributed by atoms with E-state index in [-0.39, 0.29) is 11.5 Å². The van der Waals surface area contributed by atoms with E-state index < -0.39 is 22.0 Å². The third kappa shape index (κ3) is 5.92. The molecule has 0 saturated carbocycles. The summed E-state index contributed by atoms with van der Waals surface area (Å²) in [6, 6.07) is 14.7. The number of rotatable bonds is 8. The van der Waals surface area contributed by atoms with E-state index in [0.717, 1.165) is 11.1 Å². The Bertz CT molecular complexity index is 908. The van der Waals surface area contributed by atoms with Gasteiger partial charge in [0.15, 0.2) is 9.84 Å². The molecule has 0 unspecified atom stereocenters. The van der Waals surface area contributed by atoms with E-state index in [1.807, 2.05) is 53.4 Å². The van der Waals surface area contributed by atoms with Gasteiger partial charge in [-0.25, -0.2) is 8.42 Å². The van der Waals surface area contributed by atoms with Crippen molar-refractivity contribution in [2.75, 3.05) is 24.6 Å². The van der Waals surface area contributed by atoms with Gasteiger partial charge in [0.1, 0.15) is 0 Å². The van der Waals surface area contributed by atoms with E-state index in [1.54, 1.807) is 0 Å². The summed E-state index contributed by atoms with van der Waals surface area (Å²) >= 11 is 12.3. The molecule has 2 atom stereocenters. The zero-order valence-corrected chi connectivity index (χ0v) is 17.7. The first-order valence-electron chi connectivity index (χ1n) is 9.15. The summed E-state index contributed by atoms with van der Waals surface area (Å²) in [5, 5.41) is 15.0. The monoisotopic (exact) mass is 442 g/mol. The van der Waals surface area contributed by atoms with Crippen molar-refractivity contribution in [2.45, 2.75) is 25.2 Å². The Labute approximate surface area is 176 Å². The summed E-state index contributed by atoms with van der Waals surface area (Å²) in [6.07, 6.45) is -0.889. The molecule has 8 heteroatoms. The van der Waals surface area contributed by atoms with Crippen LogP contribution in [0.1, 0.15) is 11.1 Å². The Morgan fingerprint density at radius 1 is 1.11 bits per heavy atom. The summed E-state index contributed by atoms with van der Waals surface area (Å²) in [5.74, 6) is -0.223. The van der Waals surface area contributed by atoms with Crippen LogP contribution in [0.3, 0.4) is 0 Å². The summed E-state index contributed by atoms with van der Waals surface area (Å²) in [5.41, 5.74) is 1.99. The largest absolute Gasteiger partial charge is 0.390 e. The molecule has 5 nitrogen and oxygen atoms in total. The van der Waals surface area contributed by atoms with Gasteiger partial charge in [-0.3, -0.25) is 4.90 Å². The van der Waals surface area contributed by atoms with Crippen molar-refractivity contribution < 1.29 is 13.5 Å². The lowest BCUT2D eigenvalue weighted by molar-refractivity contribution is 0.0786. The molecule has 0 amide bonds. The van der Waals surface area contributed by atoms with Crippen molar-refractivity contribution in [2.24, 2.45) is 0 Å². The van der Waals surface area contributed by atoms with Crippen LogP contribution in [0, 0.1) is 0 Å². The standard InChI is InChI=1S/C20H24Cl2N2O3S/c21-17-6-3-4-15(10-17)11-23-8-9-24(12-16-5-1-2-7-18(16)22)19-13-28(26,27)14-20(19)25/h1-7,10,19-20,23,25H,8-9,11-14H2/t19-,20+/m1/s1. The number of halogens is 2. The minimum absolute atomic E-state index is 0.0348. The number of sulfone groups is 1. The highest BCUT2D eigenvalue weighted by Gasteiger charge is 2.39. The number of nitrogens with one attached hydrogen (secondary N) is 1. The van der Waals surface area contributed by atoms with Gasteiger partial charge in [0, 0.05) is 36.2 Å². The molecule has 0 radical (unpaired) electrons. The second-order valence-corrected chi connectivity index (χ2v) is 10.1. The molecule has 1 aliphatic rings. The molecule has 1 heterocycles. The number of hydrogen-bond donors (Lipinski definition) is 2. The molecule has 152 valence electrons. The third-order valence-electron chi connectivity index (χ3n) is 4.89. The van der Waals surface area contributed by atoms with E-state index in [9.17, 15) is 13.5 Å². The number of aliphatic hydroxyl groups is 1. The first-order chi connectivity index (χ1) is 13.3. The predicted octanol–water partition coefficient (Wildman–Crippen LogP) is 2.74. The summed E-state index contributed by atoms with van der Waals surface area (Å²) < 4.78 is 24.0. The molecule has 0 spiro atoms. The van der Waals surface area contributed by atoms with Crippen LogP contribution in [0.25, 0.3) is 0 Å². The highest BCUT2D eigenvalue weighted by molar-refractivity contribution is 7.91. The molecule has 2 aromatic carbocycles. The van der Waals surface area contributed by atoms with Crippen LogP contribution in [0.15, 0.2) is 48.5 Å². The smallest absolute Gasteiger partial charge is 0.154 e. The van der Waals surface area contributed by atoms with Crippen molar-refractivity contribution in [3.05, 3.63) is 69.7 Å². The normalized spacial score (nSPS) is 21.3. The molecule has 1 fully saturated rings. The number of aliphatic hydroxyl groups excluding tert-OH is 1. The van der Waals surface area contributed by atoms with E-state index >= 15 is 0 Å². The highest BCUT2D eigenvalue weighted by Crippen LogP contribution is 2.23. The average molecular weight is 443 g/mol. The fourth-order valence-corrected chi connectivity index (χ4v) is 5.71. The Kier molecular flexibility index (Phi) is 7.36. The predicted molar refractivity (Wildman–Crippen MR) is 113 cm³/mol. The van der Waals surface area contributed by atoms with Crippen LogP contribution in [0.5, 0.6) is 0 Å². The van der Waals surface area contributed by atoms with Gasteiger partial charge in [-0.2, -0.15) is 0 Å². The topological polar surface area (TPSA) is 69.6 Å². The maximum atomic E-state index is 12.0. The van der Waals surface area contributed by atoms with Crippen LogP contribution < -0.4 is 5.32 Å². The number of hydrogen-bond acceptors (Lipinski definition) is 5. The first-order valence-corrected chi connectivity index (χ1v) is 11.7. The third-order valence-corrected chi connectivity index (χ3v) is 7.19. The lowest BCUT2D eigenvalue weighted by atomic mass is 10.1. The molecule has 2 aromatic rings. The van der Waals surface area contributed by atoms with E-state index in [4.69, 9.17) is 23.2 Å². The fourth-order valence-electron chi connectivity index (χ4n) is 3.47. The quantitative estimate of drug-likeness (QED) is 0.615. The minimum Gasteiger partial charge on any atom is -0.390 e. The van der Waals surface area contributed by atoms with Gasteiger partial charge < -0.3 is 10.4 Å². The summed E-state index contributed by atoms with van der Waals surface area (Å²) in [4.78, 5) is 2.00. The van der Waals surface area contributed by atoms with Crippen LogP contribution in [0.2, 0.25) is 10.0 Å². The van der Waals surface area contributed by atoms with Crippen LogP contribution in [-0.2, 0) is 22.9 Å². The van der Waals surface area contributed by atoms with Crippen LogP contribution in [-0.4, -0.2) is 55.2 Å². The van der Waals surface area contributed by atoms with Crippen LogP contribution in [0.4, 0.5) is 0 Å². The summed E-state index contributed by atoms with van der Waals surface area (Å²) in [6.45, 7) is 2.37. The average Bonchev–Trinajstić information content (AvgIpc) is 2.92. The first kappa shape index (κ1) is 21.6. The zero-order chi connectivity index (χ0) is 20.1. The van der Waals surface area contributed by atoms with Crippen molar-refractivity contribution >= 4 is 33.0 Å². The van der Waals surface area contributed by atoms with Gasteiger partial charge in [0.25, 0.3) is 0 Å². The van der Waals surface area contributed by atoms with Crippen molar-refractivity contribution in [3.8, 4) is 0 Å². The molecule has 1 saturated heterocycles. The van der Waals surface area contributed by atoms with Crippen molar-refractivity contribution in [1.29, 1.82) is 0 Å². The maximum Gasteiger partial charge on any atom is 0.154 e. The zero-order valence-electron chi connectivity index (χ0n) is 15.4. The molecule has 28 heavy (non-hydrogen) atoms.